The number of ether oxygens (including phenoxy) is 1. The molecule has 0 radical (unpaired) electrons. The molecule has 1 aromatic carbocycles. The van der Waals surface area contributed by atoms with Crippen molar-refractivity contribution in [2.45, 2.75) is 26.2 Å². The Morgan fingerprint density at radius 2 is 1.85 bits per heavy atom. The minimum atomic E-state index is 0.0932. The molecule has 0 fully saturated rings. The van der Waals surface area contributed by atoms with Gasteiger partial charge in [0.15, 0.2) is 0 Å². The Balaban J connectivity index is 3.22. The second kappa shape index (κ2) is 3.59. The lowest BCUT2D eigenvalue weighted by molar-refractivity contribution is 0.397. The maximum absolute atomic E-state index is 5.87. The molecule has 0 aliphatic rings. The molecule has 0 spiro atoms. The summed E-state index contributed by atoms with van der Waals surface area (Å²) in [5, 5.41) is 0.713. The van der Waals surface area contributed by atoms with Crippen LogP contribution in [0.3, 0.4) is 0 Å². The van der Waals surface area contributed by atoms with Crippen LogP contribution in [-0.4, -0.2) is 7.11 Å². The van der Waals surface area contributed by atoms with Crippen molar-refractivity contribution in [3.63, 3.8) is 0 Å². The lowest BCUT2D eigenvalue weighted by atomic mass is 9.86. The van der Waals surface area contributed by atoms with Gasteiger partial charge in [0.25, 0.3) is 0 Å². The highest BCUT2D eigenvalue weighted by Gasteiger charge is 2.18. The number of halogens is 1. The fraction of sp³-hybridized carbons (Fsp3) is 0.455. The molecule has 0 saturated heterocycles. The number of hydrogen-bond donors (Lipinski definition) is 0. The first-order valence-electron chi connectivity index (χ1n) is 4.29. The van der Waals surface area contributed by atoms with Crippen LogP contribution in [0.1, 0.15) is 26.3 Å². The molecule has 0 N–H and O–H groups in total. The molecule has 13 heavy (non-hydrogen) atoms. The SMILES string of the molecule is COc1cc(Cl)ccc1C(C)(C)C. The molecule has 1 rings (SSSR count). The van der Waals surface area contributed by atoms with Crippen molar-refractivity contribution in [3.8, 4) is 5.75 Å². The molecule has 0 heterocycles. The zero-order valence-corrected chi connectivity index (χ0v) is 9.27. The fourth-order valence-corrected chi connectivity index (χ4v) is 1.45. The number of benzene rings is 1. The van der Waals surface area contributed by atoms with Crippen LogP contribution < -0.4 is 4.74 Å². The van der Waals surface area contributed by atoms with E-state index in [1.807, 2.05) is 18.2 Å². The summed E-state index contributed by atoms with van der Waals surface area (Å²) in [6.07, 6.45) is 0. The first-order valence-corrected chi connectivity index (χ1v) is 4.67. The first-order chi connectivity index (χ1) is 5.95. The third kappa shape index (κ3) is 2.38. The molecule has 2 heteroatoms. The van der Waals surface area contributed by atoms with Crippen molar-refractivity contribution in [2.24, 2.45) is 0 Å². The quantitative estimate of drug-likeness (QED) is 0.670. The number of methoxy groups -OCH3 is 1. The highest BCUT2D eigenvalue weighted by molar-refractivity contribution is 6.30. The second-order valence-corrected chi connectivity index (χ2v) is 4.53. The van der Waals surface area contributed by atoms with Gasteiger partial charge in [-0.1, -0.05) is 38.4 Å². The van der Waals surface area contributed by atoms with Crippen molar-refractivity contribution in [1.29, 1.82) is 0 Å². The number of rotatable bonds is 1. The molecule has 0 aliphatic heterocycles. The Kier molecular flexibility index (Phi) is 2.87. The van der Waals surface area contributed by atoms with E-state index in [1.165, 1.54) is 5.56 Å². The molecule has 1 nitrogen and oxygen atoms in total. The summed E-state index contributed by atoms with van der Waals surface area (Å²) in [5.41, 5.74) is 1.27. The van der Waals surface area contributed by atoms with E-state index in [1.54, 1.807) is 7.11 Å². The Labute approximate surface area is 84.7 Å². The van der Waals surface area contributed by atoms with E-state index >= 15 is 0 Å². The van der Waals surface area contributed by atoms with Gasteiger partial charge < -0.3 is 4.74 Å². The highest BCUT2D eigenvalue weighted by atomic mass is 35.5. The fourth-order valence-electron chi connectivity index (χ4n) is 1.28. The van der Waals surface area contributed by atoms with E-state index in [0.717, 1.165) is 5.75 Å². The minimum absolute atomic E-state index is 0.0932. The minimum Gasteiger partial charge on any atom is -0.496 e. The first kappa shape index (κ1) is 10.4. The predicted molar refractivity (Wildman–Crippen MR) is 56.7 cm³/mol. The highest BCUT2D eigenvalue weighted by Crippen LogP contribution is 2.32. The largest absolute Gasteiger partial charge is 0.496 e. The second-order valence-electron chi connectivity index (χ2n) is 4.09. The van der Waals surface area contributed by atoms with Gasteiger partial charge in [0.1, 0.15) is 5.75 Å². The van der Waals surface area contributed by atoms with Crippen molar-refractivity contribution in [2.75, 3.05) is 7.11 Å². The molecule has 1 aromatic rings. The average molecular weight is 199 g/mol. The smallest absolute Gasteiger partial charge is 0.124 e. The van der Waals surface area contributed by atoms with Crippen LogP contribution in [-0.2, 0) is 5.41 Å². The van der Waals surface area contributed by atoms with Crippen molar-refractivity contribution >= 4 is 11.6 Å². The van der Waals surface area contributed by atoms with Crippen molar-refractivity contribution in [3.05, 3.63) is 28.8 Å². The van der Waals surface area contributed by atoms with Crippen LogP contribution in [0.4, 0.5) is 0 Å². The Morgan fingerprint density at radius 1 is 1.23 bits per heavy atom. The maximum atomic E-state index is 5.87. The molecule has 0 amide bonds. The van der Waals surface area contributed by atoms with Gasteiger partial charge in [0, 0.05) is 5.02 Å². The topological polar surface area (TPSA) is 9.23 Å². The van der Waals surface area contributed by atoms with E-state index < -0.39 is 0 Å². The lowest BCUT2D eigenvalue weighted by Gasteiger charge is -2.21. The molecule has 0 aliphatic carbocycles. The molecule has 72 valence electrons. The maximum Gasteiger partial charge on any atom is 0.124 e. The van der Waals surface area contributed by atoms with E-state index in [4.69, 9.17) is 16.3 Å². The Bertz CT molecular complexity index is 299. The Hall–Kier alpha value is -0.690. The van der Waals surface area contributed by atoms with Gasteiger partial charge in [0.2, 0.25) is 0 Å². The monoisotopic (exact) mass is 198 g/mol. The van der Waals surface area contributed by atoms with Crippen molar-refractivity contribution in [1.82, 2.24) is 0 Å². The van der Waals surface area contributed by atoms with Gasteiger partial charge in [-0.05, 0) is 23.1 Å². The summed E-state index contributed by atoms with van der Waals surface area (Å²) in [7, 11) is 1.67. The van der Waals surface area contributed by atoms with E-state index in [-0.39, 0.29) is 5.41 Å². The third-order valence-electron chi connectivity index (χ3n) is 1.97. The van der Waals surface area contributed by atoms with Gasteiger partial charge in [0.05, 0.1) is 7.11 Å². The van der Waals surface area contributed by atoms with Gasteiger partial charge >= 0.3 is 0 Å². The summed E-state index contributed by atoms with van der Waals surface area (Å²) in [6, 6.07) is 5.76. The molecule has 0 saturated carbocycles. The van der Waals surface area contributed by atoms with Gasteiger partial charge in [-0.15, -0.1) is 0 Å². The summed E-state index contributed by atoms with van der Waals surface area (Å²) in [5.74, 6) is 0.861. The molecular weight excluding hydrogens is 184 g/mol. The van der Waals surface area contributed by atoms with E-state index in [9.17, 15) is 0 Å². The zero-order valence-electron chi connectivity index (χ0n) is 8.52. The molecule has 0 unspecified atom stereocenters. The predicted octanol–water partition coefficient (Wildman–Crippen LogP) is 3.65. The molecular formula is C11H15ClO. The zero-order chi connectivity index (χ0) is 10.1. The van der Waals surface area contributed by atoms with Crippen LogP contribution in [0.2, 0.25) is 5.02 Å². The van der Waals surface area contributed by atoms with Crippen LogP contribution >= 0.6 is 11.6 Å². The Morgan fingerprint density at radius 3 is 2.31 bits per heavy atom. The van der Waals surface area contributed by atoms with Gasteiger partial charge in [-0.25, -0.2) is 0 Å². The molecule has 0 atom stereocenters. The average Bonchev–Trinajstić information content (AvgIpc) is 2.01. The lowest BCUT2D eigenvalue weighted by Crippen LogP contribution is -2.12. The standard InChI is InChI=1S/C11H15ClO/c1-11(2,3)9-6-5-8(12)7-10(9)13-4/h5-7H,1-4H3. The summed E-state index contributed by atoms with van der Waals surface area (Å²) in [6.45, 7) is 6.45. The van der Waals surface area contributed by atoms with Crippen molar-refractivity contribution < 1.29 is 4.74 Å². The van der Waals surface area contributed by atoms with Crippen LogP contribution in [0.15, 0.2) is 18.2 Å². The third-order valence-corrected chi connectivity index (χ3v) is 2.21. The summed E-state index contributed by atoms with van der Waals surface area (Å²) < 4.78 is 5.27. The van der Waals surface area contributed by atoms with Crippen LogP contribution in [0, 0.1) is 0 Å². The van der Waals surface area contributed by atoms with E-state index in [2.05, 4.69) is 20.8 Å². The van der Waals surface area contributed by atoms with Gasteiger partial charge in [-0.2, -0.15) is 0 Å². The normalized spacial score (nSPS) is 11.5. The summed E-state index contributed by atoms with van der Waals surface area (Å²) >= 11 is 5.87. The number of hydrogen-bond acceptors (Lipinski definition) is 1. The van der Waals surface area contributed by atoms with Crippen LogP contribution in [0.25, 0.3) is 0 Å². The van der Waals surface area contributed by atoms with Gasteiger partial charge in [-0.3, -0.25) is 0 Å². The molecule has 0 bridgehead atoms. The van der Waals surface area contributed by atoms with E-state index in [0.29, 0.717) is 5.02 Å². The molecule has 0 aromatic heterocycles. The summed E-state index contributed by atoms with van der Waals surface area (Å²) in [4.78, 5) is 0. The van der Waals surface area contributed by atoms with Crippen LogP contribution in [0.5, 0.6) is 5.75 Å².